The zero-order chi connectivity index (χ0) is 23.1. The Balaban J connectivity index is 1.97. The Hall–Kier alpha value is -2.47. The van der Waals surface area contributed by atoms with Crippen LogP contribution in [0.1, 0.15) is 35.8 Å². The second kappa shape index (κ2) is 11.4. The third-order valence-corrected chi connectivity index (χ3v) is 6.51. The van der Waals surface area contributed by atoms with E-state index in [4.69, 9.17) is 32.7 Å². The monoisotopic (exact) mass is 488 g/mol. The normalized spacial score (nSPS) is 11.6. The fourth-order valence-corrected chi connectivity index (χ4v) is 4.27. The molecular weight excluding hydrogens is 467 g/mol. The highest BCUT2D eigenvalue weighted by Crippen LogP contribution is 2.42. The predicted octanol–water partition coefficient (Wildman–Crippen LogP) is 7.06. The standard InChI is InChI=1S/C25H22Cl2O4S/c1-16(28)25(32-17(2)29)20-10-7-13-23(30-14-18-8-3-5-11-21(18)26)24(20)31-15-19-9-4-6-12-22(19)27/h3-13,25H,14-15H2,1-2H3. The van der Waals surface area contributed by atoms with Crippen LogP contribution in [0.15, 0.2) is 66.7 Å². The lowest BCUT2D eigenvalue weighted by molar-refractivity contribution is -0.117. The first-order chi connectivity index (χ1) is 15.4. The van der Waals surface area contributed by atoms with E-state index in [2.05, 4.69) is 0 Å². The molecule has 0 aromatic heterocycles. The molecule has 0 N–H and O–H groups in total. The van der Waals surface area contributed by atoms with Crippen LogP contribution in [0.5, 0.6) is 11.5 Å². The van der Waals surface area contributed by atoms with Crippen molar-refractivity contribution in [2.75, 3.05) is 0 Å². The molecule has 4 nitrogen and oxygen atoms in total. The van der Waals surface area contributed by atoms with Crippen molar-refractivity contribution in [1.29, 1.82) is 0 Å². The molecule has 0 aliphatic rings. The van der Waals surface area contributed by atoms with E-state index in [0.29, 0.717) is 27.1 Å². The Labute approximate surface area is 201 Å². The summed E-state index contributed by atoms with van der Waals surface area (Å²) in [6.07, 6.45) is 0. The number of carbonyl (C=O) groups excluding carboxylic acids is 2. The summed E-state index contributed by atoms with van der Waals surface area (Å²) in [4.78, 5) is 24.2. The summed E-state index contributed by atoms with van der Waals surface area (Å²) in [5.74, 6) is 0.689. The largest absolute Gasteiger partial charge is 0.485 e. The number of thioether (sulfide) groups is 1. The van der Waals surface area contributed by atoms with E-state index in [9.17, 15) is 9.59 Å². The summed E-state index contributed by atoms with van der Waals surface area (Å²) in [6, 6.07) is 20.1. The molecule has 0 aliphatic heterocycles. The number of hydrogen-bond acceptors (Lipinski definition) is 5. The van der Waals surface area contributed by atoms with Crippen molar-refractivity contribution in [3.63, 3.8) is 0 Å². The van der Waals surface area contributed by atoms with Crippen LogP contribution in [0, 0.1) is 0 Å². The molecule has 0 saturated heterocycles. The molecule has 0 heterocycles. The molecule has 1 atom stereocenters. The third kappa shape index (κ3) is 6.28. The summed E-state index contributed by atoms with van der Waals surface area (Å²) in [7, 11) is 0. The molecule has 0 aliphatic carbocycles. The predicted molar refractivity (Wildman–Crippen MR) is 130 cm³/mol. The number of hydrogen-bond donors (Lipinski definition) is 0. The zero-order valence-corrected chi connectivity index (χ0v) is 20.0. The molecule has 7 heteroatoms. The van der Waals surface area contributed by atoms with Gasteiger partial charge in [-0.1, -0.05) is 83.5 Å². The van der Waals surface area contributed by atoms with Gasteiger partial charge in [-0.15, -0.1) is 0 Å². The highest BCUT2D eigenvalue weighted by Gasteiger charge is 2.26. The number of carbonyl (C=O) groups is 2. The minimum Gasteiger partial charge on any atom is -0.485 e. The maximum absolute atomic E-state index is 12.4. The lowest BCUT2D eigenvalue weighted by Gasteiger charge is -2.20. The first kappa shape index (κ1) is 24.2. The van der Waals surface area contributed by atoms with Crippen LogP contribution >= 0.6 is 35.0 Å². The summed E-state index contributed by atoms with van der Waals surface area (Å²) >= 11 is 13.5. The fraction of sp³-hybridized carbons (Fsp3) is 0.200. The molecule has 3 aromatic carbocycles. The van der Waals surface area contributed by atoms with Crippen molar-refractivity contribution >= 4 is 45.9 Å². The van der Waals surface area contributed by atoms with Gasteiger partial charge in [0.15, 0.2) is 16.6 Å². The van der Waals surface area contributed by atoms with Crippen LogP contribution in [0.2, 0.25) is 10.0 Å². The maximum atomic E-state index is 12.4. The first-order valence-electron chi connectivity index (χ1n) is 9.89. The molecule has 3 aromatic rings. The van der Waals surface area contributed by atoms with Crippen molar-refractivity contribution in [1.82, 2.24) is 0 Å². The molecule has 166 valence electrons. The Morgan fingerprint density at radius 1 is 0.812 bits per heavy atom. The molecule has 0 saturated carbocycles. The fourth-order valence-electron chi connectivity index (χ4n) is 3.08. The molecular formula is C25H22Cl2O4S. The van der Waals surface area contributed by atoms with Crippen molar-refractivity contribution in [2.45, 2.75) is 32.3 Å². The Morgan fingerprint density at radius 2 is 1.38 bits per heavy atom. The third-order valence-electron chi connectivity index (χ3n) is 4.62. The molecule has 1 unspecified atom stereocenters. The summed E-state index contributed by atoms with van der Waals surface area (Å²) in [5.41, 5.74) is 2.18. The lowest BCUT2D eigenvalue weighted by Crippen LogP contribution is -2.11. The zero-order valence-electron chi connectivity index (χ0n) is 17.6. The topological polar surface area (TPSA) is 52.6 Å². The van der Waals surface area contributed by atoms with Gasteiger partial charge in [-0.2, -0.15) is 0 Å². The maximum Gasteiger partial charge on any atom is 0.186 e. The van der Waals surface area contributed by atoms with Crippen LogP contribution in [-0.2, 0) is 22.8 Å². The number of rotatable bonds is 9. The smallest absolute Gasteiger partial charge is 0.186 e. The molecule has 3 rings (SSSR count). The van der Waals surface area contributed by atoms with Crippen molar-refractivity contribution in [3.05, 3.63) is 93.5 Å². The number of halogens is 2. The highest BCUT2D eigenvalue weighted by atomic mass is 35.5. The average Bonchev–Trinajstić information content (AvgIpc) is 2.76. The molecule has 32 heavy (non-hydrogen) atoms. The van der Waals surface area contributed by atoms with Gasteiger partial charge in [0.25, 0.3) is 0 Å². The highest BCUT2D eigenvalue weighted by molar-refractivity contribution is 8.14. The van der Waals surface area contributed by atoms with E-state index in [1.54, 1.807) is 30.3 Å². The number of ether oxygens (including phenoxy) is 2. The van der Waals surface area contributed by atoms with E-state index in [1.807, 2.05) is 36.4 Å². The van der Waals surface area contributed by atoms with Gasteiger partial charge >= 0.3 is 0 Å². The number of benzene rings is 3. The molecule has 0 amide bonds. The quantitative estimate of drug-likeness (QED) is 0.322. The van der Waals surface area contributed by atoms with Gasteiger partial charge in [-0.05, 0) is 25.1 Å². The van der Waals surface area contributed by atoms with E-state index in [1.165, 1.54) is 13.8 Å². The van der Waals surface area contributed by atoms with Gasteiger partial charge in [-0.25, -0.2) is 0 Å². The number of para-hydroxylation sites is 1. The lowest BCUT2D eigenvalue weighted by atomic mass is 10.1. The van der Waals surface area contributed by atoms with Gasteiger partial charge in [0.05, 0.1) is 5.25 Å². The average molecular weight is 489 g/mol. The Kier molecular flexibility index (Phi) is 8.62. The van der Waals surface area contributed by atoms with Crippen molar-refractivity contribution < 1.29 is 19.1 Å². The number of ketones is 1. The minimum absolute atomic E-state index is 0.156. The van der Waals surface area contributed by atoms with Gasteiger partial charge in [-0.3, -0.25) is 9.59 Å². The summed E-state index contributed by atoms with van der Waals surface area (Å²) in [5, 5.41) is 0.294. The Morgan fingerprint density at radius 3 is 1.91 bits per heavy atom. The van der Waals surface area contributed by atoms with Gasteiger partial charge in [0, 0.05) is 33.7 Å². The Bertz CT molecular complexity index is 1120. The summed E-state index contributed by atoms with van der Waals surface area (Å²) < 4.78 is 12.2. The van der Waals surface area contributed by atoms with Gasteiger partial charge < -0.3 is 9.47 Å². The molecule has 0 bridgehead atoms. The van der Waals surface area contributed by atoms with Gasteiger partial charge in [0.2, 0.25) is 0 Å². The van der Waals surface area contributed by atoms with E-state index >= 15 is 0 Å². The van der Waals surface area contributed by atoms with E-state index < -0.39 is 5.25 Å². The molecule has 0 radical (unpaired) electrons. The first-order valence-corrected chi connectivity index (χ1v) is 11.5. The molecule has 0 spiro atoms. The minimum atomic E-state index is -0.711. The van der Waals surface area contributed by atoms with Crippen LogP contribution < -0.4 is 9.47 Å². The molecule has 0 fully saturated rings. The van der Waals surface area contributed by atoms with Crippen LogP contribution in [0.25, 0.3) is 0 Å². The second-order valence-corrected chi connectivity index (χ2v) is 9.13. The van der Waals surface area contributed by atoms with E-state index in [0.717, 1.165) is 22.9 Å². The van der Waals surface area contributed by atoms with Crippen molar-refractivity contribution in [3.8, 4) is 11.5 Å². The summed E-state index contributed by atoms with van der Waals surface area (Å²) in [6.45, 7) is 3.28. The van der Waals surface area contributed by atoms with Gasteiger partial charge in [0.1, 0.15) is 19.0 Å². The van der Waals surface area contributed by atoms with Crippen LogP contribution in [-0.4, -0.2) is 10.9 Å². The number of Topliss-reactive ketones (excluding diaryl/α,β-unsaturated/α-hetero) is 1. The SMILES string of the molecule is CC(=O)SC(C(C)=O)c1cccc(OCc2ccccc2Cl)c1OCc1ccccc1Cl. The van der Waals surface area contributed by atoms with E-state index in [-0.39, 0.29) is 24.1 Å². The van der Waals surface area contributed by atoms with Crippen LogP contribution in [0.4, 0.5) is 0 Å². The second-order valence-electron chi connectivity index (χ2n) is 7.03. The van der Waals surface area contributed by atoms with Crippen LogP contribution in [0.3, 0.4) is 0 Å². The van der Waals surface area contributed by atoms with Crippen molar-refractivity contribution in [2.24, 2.45) is 0 Å².